The molecule has 8 nitrogen and oxygen atoms in total. The summed E-state index contributed by atoms with van der Waals surface area (Å²) in [5.41, 5.74) is -0.552. The summed E-state index contributed by atoms with van der Waals surface area (Å²) >= 11 is 0. The lowest BCUT2D eigenvalue weighted by Crippen LogP contribution is -2.34. The van der Waals surface area contributed by atoms with E-state index in [0.717, 1.165) is 0 Å². The fraction of sp³-hybridized carbons (Fsp3) is 0.600. The molecule has 1 rings (SSSR count). The predicted molar refractivity (Wildman–Crippen MR) is 62.8 cm³/mol. The van der Waals surface area contributed by atoms with Gasteiger partial charge >= 0.3 is 17.9 Å². The van der Waals surface area contributed by atoms with Crippen LogP contribution < -0.4 is 16.0 Å². The molecule has 8 heteroatoms. The van der Waals surface area contributed by atoms with Crippen LogP contribution in [0.3, 0.4) is 0 Å². The molecule has 0 aromatic carbocycles. The summed E-state index contributed by atoms with van der Waals surface area (Å²) in [5.74, 6) is -1.39. The van der Waals surface area contributed by atoms with Gasteiger partial charge in [0.05, 0.1) is 6.54 Å². The number of aliphatic imine (C=N–C) groups is 1. The number of nitrogens with zero attached hydrogens (tertiary/aromatic N) is 1. The van der Waals surface area contributed by atoms with E-state index < -0.39 is 23.5 Å². The summed E-state index contributed by atoms with van der Waals surface area (Å²) in [4.78, 5) is 36.7. The van der Waals surface area contributed by atoms with Crippen LogP contribution in [0, 0.1) is 0 Å². The van der Waals surface area contributed by atoms with Crippen molar-refractivity contribution in [1.82, 2.24) is 16.0 Å². The van der Waals surface area contributed by atoms with Crippen LogP contribution in [0.1, 0.15) is 20.8 Å². The molecule has 0 aromatic heterocycles. The molecule has 3 N–H and O–H groups in total. The number of carbonyl (C=O) groups excluding carboxylic acids is 3. The van der Waals surface area contributed by atoms with Gasteiger partial charge in [-0.25, -0.2) is 4.79 Å². The minimum absolute atomic E-state index is 0.0935. The third kappa shape index (κ3) is 4.81. The van der Waals surface area contributed by atoms with Crippen molar-refractivity contribution in [2.24, 2.45) is 4.99 Å². The highest BCUT2D eigenvalue weighted by Crippen LogP contribution is 2.05. The van der Waals surface area contributed by atoms with E-state index in [1.807, 2.05) is 0 Å². The molecule has 3 amide bonds. The van der Waals surface area contributed by atoms with Gasteiger partial charge in [0.1, 0.15) is 5.60 Å². The molecule has 0 unspecified atom stereocenters. The molecule has 0 radical (unpaired) electrons. The van der Waals surface area contributed by atoms with E-state index >= 15 is 0 Å². The van der Waals surface area contributed by atoms with Crippen molar-refractivity contribution in [2.45, 2.75) is 26.4 Å². The monoisotopic (exact) mass is 256 g/mol. The zero-order valence-corrected chi connectivity index (χ0v) is 10.5. The molecule has 0 spiro atoms. The maximum Gasteiger partial charge on any atom is 0.407 e. The largest absolute Gasteiger partial charge is 0.444 e. The van der Waals surface area contributed by atoms with E-state index in [0.29, 0.717) is 0 Å². The Morgan fingerprint density at radius 1 is 1.28 bits per heavy atom. The van der Waals surface area contributed by atoms with Crippen molar-refractivity contribution in [3.05, 3.63) is 0 Å². The Bertz CT molecular complexity index is 379. The minimum atomic E-state index is -0.742. The Labute approximate surface area is 104 Å². The Balaban J connectivity index is 2.23. The number of alkyl carbamates (subject to hydrolysis) is 1. The summed E-state index contributed by atoms with van der Waals surface area (Å²) in [6.45, 7) is 5.74. The zero-order valence-electron chi connectivity index (χ0n) is 10.5. The smallest absolute Gasteiger partial charge is 0.407 e. The van der Waals surface area contributed by atoms with E-state index in [-0.39, 0.29) is 19.0 Å². The summed E-state index contributed by atoms with van der Waals surface area (Å²) in [6.07, 6.45) is -0.540. The topological polar surface area (TPSA) is 109 Å². The minimum Gasteiger partial charge on any atom is -0.444 e. The highest BCUT2D eigenvalue weighted by atomic mass is 16.6. The maximum atomic E-state index is 11.2. The Morgan fingerprint density at radius 3 is 2.33 bits per heavy atom. The standard InChI is InChI=1S/C10H16N4O4/c1-10(2,3)18-9(17)12-5-4-11-8-13-6(15)7(16)14-8/h4-5H2,1-3H3,(H,12,17)(H2,11,13,14,15,16). The highest BCUT2D eigenvalue weighted by Gasteiger charge is 2.24. The van der Waals surface area contributed by atoms with Crippen LogP contribution in [0.15, 0.2) is 4.99 Å². The first-order chi connectivity index (χ1) is 8.28. The SMILES string of the molecule is CC(C)(C)OC(=O)NCCN=C1NC(=O)C(=O)N1. The Morgan fingerprint density at radius 2 is 1.83 bits per heavy atom. The summed E-state index contributed by atoms with van der Waals surface area (Å²) in [7, 11) is 0. The normalized spacial score (nSPS) is 14.9. The second kappa shape index (κ2) is 5.48. The zero-order chi connectivity index (χ0) is 13.8. The Hall–Kier alpha value is -2.12. The third-order valence-electron chi connectivity index (χ3n) is 1.72. The van der Waals surface area contributed by atoms with Gasteiger partial charge in [-0.3, -0.25) is 25.2 Å². The van der Waals surface area contributed by atoms with Gasteiger partial charge in [0, 0.05) is 6.54 Å². The van der Waals surface area contributed by atoms with Crippen LogP contribution in [0.2, 0.25) is 0 Å². The van der Waals surface area contributed by atoms with Crippen LogP contribution >= 0.6 is 0 Å². The number of hydrogen-bond acceptors (Lipinski definition) is 5. The van der Waals surface area contributed by atoms with Gasteiger partial charge in [-0.2, -0.15) is 0 Å². The van der Waals surface area contributed by atoms with Gasteiger partial charge in [0.15, 0.2) is 0 Å². The van der Waals surface area contributed by atoms with Crippen molar-refractivity contribution in [1.29, 1.82) is 0 Å². The number of guanidine groups is 1. The van der Waals surface area contributed by atoms with Crippen LogP contribution in [-0.2, 0) is 14.3 Å². The molecule has 0 aliphatic carbocycles. The van der Waals surface area contributed by atoms with Gasteiger partial charge in [0.25, 0.3) is 0 Å². The van der Waals surface area contributed by atoms with Gasteiger partial charge in [-0.1, -0.05) is 0 Å². The van der Waals surface area contributed by atoms with Crippen molar-refractivity contribution in [3.63, 3.8) is 0 Å². The first-order valence-electron chi connectivity index (χ1n) is 5.41. The molecule has 18 heavy (non-hydrogen) atoms. The molecule has 1 saturated heterocycles. The fourth-order valence-corrected chi connectivity index (χ4v) is 1.08. The van der Waals surface area contributed by atoms with Crippen molar-refractivity contribution in [2.75, 3.05) is 13.1 Å². The van der Waals surface area contributed by atoms with Crippen LogP contribution in [0.25, 0.3) is 0 Å². The number of hydrogen-bond donors (Lipinski definition) is 3. The number of rotatable bonds is 3. The predicted octanol–water partition coefficient (Wildman–Crippen LogP) is -0.887. The van der Waals surface area contributed by atoms with Crippen LogP contribution in [0.4, 0.5) is 4.79 Å². The fourth-order valence-electron chi connectivity index (χ4n) is 1.08. The van der Waals surface area contributed by atoms with Gasteiger partial charge < -0.3 is 10.1 Å². The summed E-state index contributed by atoms with van der Waals surface area (Å²) < 4.78 is 5.01. The molecule has 0 aromatic rings. The summed E-state index contributed by atoms with van der Waals surface area (Å²) in [5, 5.41) is 6.96. The molecule has 100 valence electrons. The first-order valence-corrected chi connectivity index (χ1v) is 5.41. The molecule has 1 heterocycles. The lowest BCUT2D eigenvalue weighted by molar-refractivity contribution is -0.135. The van der Waals surface area contributed by atoms with E-state index in [9.17, 15) is 14.4 Å². The lowest BCUT2D eigenvalue weighted by atomic mass is 10.2. The van der Waals surface area contributed by atoms with Crippen molar-refractivity contribution >= 4 is 23.9 Å². The molecule has 0 bridgehead atoms. The van der Waals surface area contributed by atoms with Crippen LogP contribution in [0.5, 0.6) is 0 Å². The van der Waals surface area contributed by atoms with Crippen molar-refractivity contribution < 1.29 is 19.1 Å². The quantitative estimate of drug-likeness (QED) is 0.449. The molecular formula is C10H16N4O4. The molecule has 1 aliphatic rings. The second-order valence-electron chi connectivity index (χ2n) is 4.57. The van der Waals surface area contributed by atoms with E-state index in [4.69, 9.17) is 4.74 Å². The summed E-state index contributed by atoms with van der Waals surface area (Å²) in [6, 6.07) is 0. The molecule has 1 fully saturated rings. The van der Waals surface area contributed by atoms with E-state index in [1.165, 1.54) is 0 Å². The molecule has 0 saturated carbocycles. The number of amides is 3. The molecule has 0 atom stereocenters. The third-order valence-corrected chi connectivity index (χ3v) is 1.72. The van der Waals surface area contributed by atoms with E-state index in [1.54, 1.807) is 20.8 Å². The average Bonchev–Trinajstić information content (AvgIpc) is 2.51. The first kappa shape index (κ1) is 13.9. The highest BCUT2D eigenvalue weighted by molar-refractivity contribution is 6.45. The number of carbonyl (C=O) groups is 3. The lowest BCUT2D eigenvalue weighted by Gasteiger charge is -2.19. The number of ether oxygens (including phenoxy) is 1. The van der Waals surface area contributed by atoms with Gasteiger partial charge in [-0.15, -0.1) is 0 Å². The van der Waals surface area contributed by atoms with Gasteiger partial charge in [-0.05, 0) is 20.8 Å². The van der Waals surface area contributed by atoms with Crippen LogP contribution in [-0.4, -0.2) is 42.6 Å². The van der Waals surface area contributed by atoms with Gasteiger partial charge in [0.2, 0.25) is 5.96 Å². The number of nitrogens with one attached hydrogen (secondary N) is 3. The Kier molecular flexibility index (Phi) is 4.24. The molecular weight excluding hydrogens is 240 g/mol. The average molecular weight is 256 g/mol. The van der Waals surface area contributed by atoms with Crippen molar-refractivity contribution in [3.8, 4) is 0 Å². The van der Waals surface area contributed by atoms with E-state index in [2.05, 4.69) is 20.9 Å². The maximum absolute atomic E-state index is 11.2. The second-order valence-corrected chi connectivity index (χ2v) is 4.57. The molecule has 1 aliphatic heterocycles.